The summed E-state index contributed by atoms with van der Waals surface area (Å²) in [6, 6.07) is 5.53. The van der Waals surface area contributed by atoms with E-state index in [1.807, 2.05) is 19.1 Å². The fraction of sp³-hybridized carbons (Fsp3) is 0.462. The van der Waals surface area contributed by atoms with Crippen LogP contribution in [0.3, 0.4) is 0 Å². The van der Waals surface area contributed by atoms with E-state index in [1.54, 1.807) is 13.2 Å². The Hall–Kier alpha value is -1.55. The van der Waals surface area contributed by atoms with Crippen LogP contribution in [0.2, 0.25) is 0 Å². The summed E-state index contributed by atoms with van der Waals surface area (Å²) in [6.07, 6.45) is 0. The first-order valence-electron chi connectivity index (χ1n) is 5.59. The van der Waals surface area contributed by atoms with Crippen molar-refractivity contribution in [3.8, 4) is 0 Å². The molecule has 4 heteroatoms. The van der Waals surface area contributed by atoms with Crippen LogP contribution in [0.25, 0.3) is 0 Å². The molecule has 0 amide bonds. The Balaban J connectivity index is 2.19. The van der Waals surface area contributed by atoms with Crippen molar-refractivity contribution in [3.63, 3.8) is 0 Å². The van der Waals surface area contributed by atoms with Crippen molar-refractivity contribution in [2.75, 3.05) is 25.1 Å². The minimum absolute atomic E-state index is 0.103. The summed E-state index contributed by atoms with van der Waals surface area (Å²) >= 11 is 0. The van der Waals surface area contributed by atoms with Crippen molar-refractivity contribution in [2.24, 2.45) is 0 Å². The maximum atomic E-state index is 11.0. The van der Waals surface area contributed by atoms with Crippen molar-refractivity contribution in [3.05, 3.63) is 29.3 Å². The number of anilines is 1. The lowest BCUT2D eigenvalue weighted by molar-refractivity contribution is -0.0167. The Morgan fingerprint density at radius 2 is 2.12 bits per heavy atom. The smallest absolute Gasteiger partial charge is 0.336 e. The number of nitrogens with zero attached hydrogens (tertiary/aromatic N) is 1. The van der Waals surface area contributed by atoms with Gasteiger partial charge in [-0.2, -0.15) is 0 Å². The van der Waals surface area contributed by atoms with E-state index >= 15 is 0 Å². The van der Waals surface area contributed by atoms with Gasteiger partial charge in [-0.05, 0) is 31.5 Å². The summed E-state index contributed by atoms with van der Waals surface area (Å²) in [5.41, 5.74) is 2.00. The Kier molecular flexibility index (Phi) is 2.83. The Bertz CT molecular complexity index is 450. The Morgan fingerprint density at radius 1 is 1.47 bits per heavy atom. The molecule has 1 N–H and O–H groups in total. The summed E-state index contributed by atoms with van der Waals surface area (Å²) in [6.45, 7) is 5.45. The number of aromatic carboxylic acids is 1. The molecule has 1 saturated heterocycles. The second-order valence-corrected chi connectivity index (χ2v) is 4.81. The van der Waals surface area contributed by atoms with Crippen LogP contribution in [0.5, 0.6) is 0 Å². The molecule has 0 spiro atoms. The molecule has 0 aromatic heterocycles. The molecule has 4 nitrogen and oxygen atoms in total. The topological polar surface area (TPSA) is 49.8 Å². The van der Waals surface area contributed by atoms with Gasteiger partial charge >= 0.3 is 5.97 Å². The monoisotopic (exact) mass is 235 g/mol. The van der Waals surface area contributed by atoms with Crippen LogP contribution in [0.15, 0.2) is 18.2 Å². The molecule has 2 rings (SSSR count). The number of benzene rings is 1. The zero-order valence-corrected chi connectivity index (χ0v) is 10.4. The van der Waals surface area contributed by atoms with E-state index in [0.29, 0.717) is 5.56 Å². The first-order chi connectivity index (χ1) is 7.95. The number of hydrogen-bond acceptors (Lipinski definition) is 3. The van der Waals surface area contributed by atoms with E-state index < -0.39 is 5.97 Å². The van der Waals surface area contributed by atoms with Gasteiger partial charge in [0, 0.05) is 25.9 Å². The Morgan fingerprint density at radius 3 is 2.65 bits per heavy atom. The SMILES string of the molecule is COC1(C)CN(c2ccc(C)c(C(=O)O)c2)C1. The summed E-state index contributed by atoms with van der Waals surface area (Å²) in [7, 11) is 1.70. The standard InChI is InChI=1S/C13H17NO3/c1-9-4-5-10(6-11(9)12(15)16)14-7-13(2,8-14)17-3/h4-6H,7-8H2,1-3H3,(H,15,16). The van der Waals surface area contributed by atoms with Gasteiger partial charge in [-0.1, -0.05) is 6.07 Å². The fourth-order valence-electron chi connectivity index (χ4n) is 2.11. The molecule has 1 aromatic carbocycles. The van der Waals surface area contributed by atoms with Crippen LogP contribution in [-0.2, 0) is 4.74 Å². The average Bonchev–Trinajstić information content (AvgIpc) is 2.25. The molecule has 1 heterocycles. The van der Waals surface area contributed by atoms with E-state index in [0.717, 1.165) is 24.3 Å². The van der Waals surface area contributed by atoms with Gasteiger partial charge in [0.2, 0.25) is 0 Å². The number of carbonyl (C=O) groups is 1. The quantitative estimate of drug-likeness (QED) is 0.869. The maximum absolute atomic E-state index is 11.0. The zero-order valence-electron chi connectivity index (χ0n) is 10.4. The molecule has 0 radical (unpaired) electrons. The number of hydrogen-bond donors (Lipinski definition) is 1. The fourth-order valence-corrected chi connectivity index (χ4v) is 2.11. The largest absolute Gasteiger partial charge is 0.478 e. The van der Waals surface area contributed by atoms with Gasteiger partial charge in [0.05, 0.1) is 11.2 Å². The van der Waals surface area contributed by atoms with E-state index in [-0.39, 0.29) is 5.60 Å². The van der Waals surface area contributed by atoms with Gasteiger partial charge in [-0.15, -0.1) is 0 Å². The molecule has 0 bridgehead atoms. The molecular formula is C13H17NO3. The third kappa shape index (κ3) is 2.13. The van der Waals surface area contributed by atoms with Gasteiger partial charge in [0.1, 0.15) is 0 Å². The van der Waals surface area contributed by atoms with Gasteiger partial charge in [-0.3, -0.25) is 0 Å². The van der Waals surface area contributed by atoms with Crippen LogP contribution >= 0.6 is 0 Å². The number of carboxylic acids is 1. The van der Waals surface area contributed by atoms with Crippen LogP contribution in [0.4, 0.5) is 5.69 Å². The molecule has 1 aromatic rings. The first-order valence-corrected chi connectivity index (χ1v) is 5.59. The molecule has 17 heavy (non-hydrogen) atoms. The summed E-state index contributed by atoms with van der Waals surface area (Å²) in [5.74, 6) is -0.876. The van der Waals surface area contributed by atoms with Crippen LogP contribution in [-0.4, -0.2) is 36.9 Å². The zero-order chi connectivity index (χ0) is 12.6. The second-order valence-electron chi connectivity index (χ2n) is 4.81. The average molecular weight is 235 g/mol. The molecule has 1 aliphatic rings. The van der Waals surface area contributed by atoms with E-state index in [2.05, 4.69) is 11.8 Å². The maximum Gasteiger partial charge on any atom is 0.336 e. The van der Waals surface area contributed by atoms with Crippen molar-refractivity contribution in [2.45, 2.75) is 19.4 Å². The number of aryl methyl sites for hydroxylation is 1. The molecule has 1 fully saturated rings. The normalized spacial score (nSPS) is 17.7. The first kappa shape index (κ1) is 11.9. The number of carboxylic acid groups (broad SMARTS) is 1. The lowest BCUT2D eigenvalue weighted by atomic mass is 9.95. The minimum Gasteiger partial charge on any atom is -0.478 e. The van der Waals surface area contributed by atoms with Crippen molar-refractivity contribution >= 4 is 11.7 Å². The molecular weight excluding hydrogens is 218 g/mol. The van der Waals surface area contributed by atoms with Crippen molar-refractivity contribution < 1.29 is 14.6 Å². The third-order valence-electron chi connectivity index (χ3n) is 3.36. The highest BCUT2D eigenvalue weighted by molar-refractivity contribution is 5.90. The third-order valence-corrected chi connectivity index (χ3v) is 3.36. The summed E-state index contributed by atoms with van der Waals surface area (Å²) in [5, 5.41) is 9.07. The minimum atomic E-state index is -0.876. The van der Waals surface area contributed by atoms with Crippen LogP contribution in [0.1, 0.15) is 22.8 Å². The van der Waals surface area contributed by atoms with Crippen LogP contribution in [0, 0.1) is 6.92 Å². The van der Waals surface area contributed by atoms with Crippen molar-refractivity contribution in [1.29, 1.82) is 0 Å². The van der Waals surface area contributed by atoms with Crippen molar-refractivity contribution in [1.82, 2.24) is 0 Å². The van der Waals surface area contributed by atoms with Gasteiger partial charge in [-0.25, -0.2) is 4.79 Å². The lowest BCUT2D eigenvalue weighted by Crippen LogP contribution is -2.61. The number of ether oxygens (including phenoxy) is 1. The molecule has 0 aliphatic carbocycles. The lowest BCUT2D eigenvalue weighted by Gasteiger charge is -2.48. The van der Waals surface area contributed by atoms with E-state index in [4.69, 9.17) is 9.84 Å². The molecule has 0 atom stereocenters. The van der Waals surface area contributed by atoms with E-state index in [1.165, 1.54) is 0 Å². The molecule has 0 unspecified atom stereocenters. The predicted molar refractivity (Wildman–Crippen MR) is 65.8 cm³/mol. The summed E-state index contributed by atoms with van der Waals surface area (Å²) < 4.78 is 5.37. The second kappa shape index (κ2) is 4.04. The number of methoxy groups -OCH3 is 1. The van der Waals surface area contributed by atoms with E-state index in [9.17, 15) is 4.79 Å². The Labute approximate surface area is 101 Å². The predicted octanol–water partition coefficient (Wildman–Crippen LogP) is 1.92. The van der Waals surface area contributed by atoms with Crippen LogP contribution < -0.4 is 4.90 Å². The molecule has 92 valence electrons. The number of rotatable bonds is 3. The van der Waals surface area contributed by atoms with Gasteiger partial charge in [0.15, 0.2) is 0 Å². The highest BCUT2D eigenvalue weighted by Crippen LogP contribution is 2.30. The summed E-state index contributed by atoms with van der Waals surface area (Å²) in [4.78, 5) is 13.2. The highest BCUT2D eigenvalue weighted by Gasteiger charge is 2.39. The molecule has 1 aliphatic heterocycles. The van der Waals surface area contributed by atoms with Gasteiger partial charge < -0.3 is 14.7 Å². The van der Waals surface area contributed by atoms with Gasteiger partial charge in [0.25, 0.3) is 0 Å². The molecule has 0 saturated carbocycles. The highest BCUT2D eigenvalue weighted by atomic mass is 16.5.